The van der Waals surface area contributed by atoms with Gasteiger partial charge in [-0.2, -0.15) is 0 Å². The van der Waals surface area contributed by atoms with Crippen LogP contribution in [0, 0.1) is 5.82 Å². The fourth-order valence-corrected chi connectivity index (χ4v) is 4.11. The van der Waals surface area contributed by atoms with E-state index in [0.29, 0.717) is 27.8 Å². The maximum Gasteiger partial charge on any atom is 0.254 e. The SMILES string of the molecule is COCCN(CC(=O)N(Cc1ccc(F)cc1)Cc1coc2ccccc2c1=O)C(=O)c1ccc(OC)cc1. The van der Waals surface area contributed by atoms with E-state index < -0.39 is 11.7 Å². The van der Waals surface area contributed by atoms with Crippen LogP contribution < -0.4 is 10.2 Å². The molecule has 2 amide bonds. The standard InChI is InChI=1S/C30H29FN2O6/c1-37-16-15-32(30(36)22-9-13-25(38-2)14-10-22)19-28(34)33(17-21-7-11-24(31)12-8-21)18-23-20-39-27-6-4-3-5-26(27)29(23)35/h3-14,20H,15-19H2,1-2H3. The van der Waals surface area contributed by atoms with Gasteiger partial charge in [0.2, 0.25) is 5.91 Å². The zero-order chi connectivity index (χ0) is 27.8. The molecule has 0 aliphatic carbocycles. The predicted octanol–water partition coefficient (Wildman–Crippen LogP) is 4.26. The van der Waals surface area contributed by atoms with Crippen LogP contribution in [0.25, 0.3) is 11.0 Å². The lowest BCUT2D eigenvalue weighted by molar-refractivity contribution is -0.133. The number of benzene rings is 3. The molecule has 0 atom stereocenters. The van der Waals surface area contributed by atoms with Gasteiger partial charge in [-0.25, -0.2) is 4.39 Å². The molecular formula is C30H29FN2O6. The summed E-state index contributed by atoms with van der Waals surface area (Å²) >= 11 is 0. The van der Waals surface area contributed by atoms with Gasteiger partial charge in [-0.1, -0.05) is 24.3 Å². The van der Waals surface area contributed by atoms with Crippen LogP contribution >= 0.6 is 0 Å². The molecule has 0 aliphatic heterocycles. The summed E-state index contributed by atoms with van der Waals surface area (Å²) in [5, 5.41) is 0.403. The van der Waals surface area contributed by atoms with Crippen LogP contribution in [0.1, 0.15) is 21.5 Å². The summed E-state index contributed by atoms with van der Waals surface area (Å²) in [7, 11) is 3.05. The van der Waals surface area contributed by atoms with E-state index in [9.17, 15) is 18.8 Å². The molecule has 9 heteroatoms. The number of para-hydroxylation sites is 1. The smallest absolute Gasteiger partial charge is 0.254 e. The van der Waals surface area contributed by atoms with Gasteiger partial charge in [0.1, 0.15) is 23.7 Å². The van der Waals surface area contributed by atoms with Crippen molar-refractivity contribution in [3.63, 3.8) is 0 Å². The average molecular weight is 533 g/mol. The lowest BCUT2D eigenvalue weighted by Gasteiger charge is -2.28. The van der Waals surface area contributed by atoms with E-state index in [-0.39, 0.29) is 49.7 Å². The van der Waals surface area contributed by atoms with Crippen LogP contribution in [-0.4, -0.2) is 55.5 Å². The number of carbonyl (C=O) groups is 2. The number of ether oxygens (including phenoxy) is 2. The molecule has 0 fully saturated rings. The molecule has 0 aliphatic rings. The zero-order valence-corrected chi connectivity index (χ0v) is 21.8. The van der Waals surface area contributed by atoms with E-state index >= 15 is 0 Å². The second-order valence-corrected chi connectivity index (χ2v) is 8.91. The highest BCUT2D eigenvalue weighted by molar-refractivity contribution is 5.96. The van der Waals surface area contributed by atoms with E-state index in [1.165, 1.54) is 42.4 Å². The molecule has 8 nitrogen and oxygen atoms in total. The number of carbonyl (C=O) groups excluding carboxylic acids is 2. The molecule has 1 aromatic heterocycles. The van der Waals surface area contributed by atoms with E-state index in [1.54, 1.807) is 60.7 Å². The fraction of sp³-hybridized carbons (Fsp3) is 0.233. The molecule has 0 radical (unpaired) electrons. The molecule has 0 N–H and O–H groups in total. The number of hydrogen-bond donors (Lipinski definition) is 0. The molecule has 0 unspecified atom stereocenters. The van der Waals surface area contributed by atoms with Crippen molar-refractivity contribution in [2.45, 2.75) is 13.1 Å². The van der Waals surface area contributed by atoms with Crippen molar-refractivity contribution in [1.29, 1.82) is 0 Å². The summed E-state index contributed by atoms with van der Waals surface area (Å²) in [5.41, 5.74) is 1.53. The summed E-state index contributed by atoms with van der Waals surface area (Å²) < 4.78 is 29.5. The quantitative estimate of drug-likeness (QED) is 0.287. The Labute approximate surface area is 225 Å². The third-order valence-corrected chi connectivity index (χ3v) is 6.27. The van der Waals surface area contributed by atoms with Gasteiger partial charge in [0, 0.05) is 25.8 Å². The minimum absolute atomic E-state index is 0.0573. The van der Waals surface area contributed by atoms with E-state index in [4.69, 9.17) is 13.9 Å². The van der Waals surface area contributed by atoms with Crippen LogP contribution in [0.15, 0.2) is 88.3 Å². The van der Waals surface area contributed by atoms with Crippen molar-refractivity contribution >= 4 is 22.8 Å². The van der Waals surface area contributed by atoms with Crippen LogP contribution in [0.4, 0.5) is 4.39 Å². The van der Waals surface area contributed by atoms with Crippen molar-refractivity contribution in [2.75, 3.05) is 33.9 Å². The van der Waals surface area contributed by atoms with Crippen molar-refractivity contribution in [2.24, 2.45) is 0 Å². The van der Waals surface area contributed by atoms with Crippen LogP contribution in [0.2, 0.25) is 0 Å². The van der Waals surface area contributed by atoms with Crippen molar-refractivity contribution < 1.29 is 27.9 Å². The Bertz CT molecular complexity index is 1480. The molecule has 39 heavy (non-hydrogen) atoms. The molecule has 0 saturated heterocycles. The van der Waals surface area contributed by atoms with Gasteiger partial charge in [0.05, 0.1) is 37.5 Å². The van der Waals surface area contributed by atoms with E-state index in [1.807, 2.05) is 0 Å². The predicted molar refractivity (Wildman–Crippen MR) is 144 cm³/mol. The van der Waals surface area contributed by atoms with Gasteiger partial charge in [-0.3, -0.25) is 14.4 Å². The maximum atomic E-state index is 13.7. The zero-order valence-electron chi connectivity index (χ0n) is 21.8. The Morgan fingerprint density at radius 1 is 0.897 bits per heavy atom. The number of rotatable bonds is 11. The van der Waals surface area contributed by atoms with Gasteiger partial charge >= 0.3 is 0 Å². The first kappa shape index (κ1) is 27.5. The Morgan fingerprint density at radius 2 is 1.62 bits per heavy atom. The minimum Gasteiger partial charge on any atom is -0.497 e. The van der Waals surface area contributed by atoms with Gasteiger partial charge in [0.25, 0.3) is 5.91 Å². The summed E-state index contributed by atoms with van der Waals surface area (Å²) in [4.78, 5) is 43.0. The Kier molecular flexibility index (Phi) is 9.06. The number of methoxy groups -OCH3 is 2. The Morgan fingerprint density at radius 3 is 2.31 bits per heavy atom. The highest BCUT2D eigenvalue weighted by Gasteiger charge is 2.24. The molecular weight excluding hydrogens is 503 g/mol. The molecule has 0 saturated carbocycles. The topological polar surface area (TPSA) is 89.3 Å². The van der Waals surface area contributed by atoms with E-state index in [2.05, 4.69) is 0 Å². The molecule has 202 valence electrons. The molecule has 4 aromatic rings. The Hall–Kier alpha value is -4.50. The van der Waals surface area contributed by atoms with Gasteiger partial charge in [0.15, 0.2) is 5.43 Å². The number of amides is 2. The van der Waals surface area contributed by atoms with Crippen LogP contribution in [-0.2, 0) is 22.6 Å². The van der Waals surface area contributed by atoms with Crippen molar-refractivity contribution in [1.82, 2.24) is 9.80 Å². The molecule has 3 aromatic carbocycles. The molecule has 4 rings (SSSR count). The largest absolute Gasteiger partial charge is 0.497 e. The molecule has 0 bridgehead atoms. The van der Waals surface area contributed by atoms with Crippen LogP contribution in [0.3, 0.4) is 0 Å². The number of fused-ring (bicyclic) bond motifs is 1. The van der Waals surface area contributed by atoms with E-state index in [0.717, 1.165) is 0 Å². The summed E-state index contributed by atoms with van der Waals surface area (Å²) in [5.74, 6) is -0.548. The highest BCUT2D eigenvalue weighted by atomic mass is 19.1. The lowest BCUT2D eigenvalue weighted by atomic mass is 10.1. The van der Waals surface area contributed by atoms with Gasteiger partial charge < -0.3 is 23.7 Å². The monoisotopic (exact) mass is 532 g/mol. The summed E-state index contributed by atoms with van der Waals surface area (Å²) in [6.45, 7) is 0.184. The number of halogens is 1. The molecule has 1 heterocycles. The minimum atomic E-state index is -0.400. The number of hydrogen-bond acceptors (Lipinski definition) is 6. The summed E-state index contributed by atoms with van der Waals surface area (Å²) in [6.07, 6.45) is 1.35. The first-order valence-electron chi connectivity index (χ1n) is 12.3. The van der Waals surface area contributed by atoms with Crippen molar-refractivity contribution in [3.05, 3.63) is 112 Å². The average Bonchev–Trinajstić information content (AvgIpc) is 2.97. The lowest BCUT2D eigenvalue weighted by Crippen LogP contribution is -2.44. The second kappa shape index (κ2) is 12.8. The van der Waals surface area contributed by atoms with Crippen molar-refractivity contribution in [3.8, 4) is 5.75 Å². The maximum absolute atomic E-state index is 13.7. The fourth-order valence-electron chi connectivity index (χ4n) is 4.11. The van der Waals surface area contributed by atoms with Gasteiger partial charge in [-0.05, 0) is 54.1 Å². The van der Waals surface area contributed by atoms with Crippen LogP contribution in [0.5, 0.6) is 5.75 Å². The normalized spacial score (nSPS) is 10.8. The molecule has 0 spiro atoms. The first-order chi connectivity index (χ1) is 18.9. The third-order valence-electron chi connectivity index (χ3n) is 6.27. The van der Waals surface area contributed by atoms with Gasteiger partial charge in [-0.15, -0.1) is 0 Å². The second-order valence-electron chi connectivity index (χ2n) is 8.91. The highest BCUT2D eigenvalue weighted by Crippen LogP contribution is 2.16. The first-order valence-corrected chi connectivity index (χ1v) is 12.3. The third kappa shape index (κ3) is 6.88. The Balaban J connectivity index is 1.62. The summed E-state index contributed by atoms with van der Waals surface area (Å²) in [6, 6.07) is 19.2. The number of nitrogens with zero attached hydrogens (tertiary/aromatic N) is 2.